The molecule has 1 aliphatic rings. The van der Waals surface area contributed by atoms with Gasteiger partial charge in [-0.2, -0.15) is 0 Å². The quantitative estimate of drug-likeness (QED) is 0.719. The van der Waals surface area contributed by atoms with Crippen molar-refractivity contribution in [3.8, 4) is 5.75 Å². The second-order valence-corrected chi connectivity index (χ2v) is 6.00. The molecule has 2 atom stereocenters. The smallest absolute Gasteiger partial charge is 0.319 e. The van der Waals surface area contributed by atoms with E-state index in [1.165, 1.54) is 5.56 Å². The van der Waals surface area contributed by atoms with Gasteiger partial charge in [0.1, 0.15) is 12.4 Å². The van der Waals surface area contributed by atoms with Gasteiger partial charge < -0.3 is 20.1 Å². The number of hydrogen-bond donors (Lipinski definition) is 2. The van der Waals surface area contributed by atoms with Crippen LogP contribution in [0.15, 0.2) is 54.6 Å². The zero-order valence-corrected chi connectivity index (χ0v) is 14.4. The molecule has 0 spiro atoms. The minimum Gasteiger partial charge on any atom is -0.489 e. The third-order valence-electron chi connectivity index (χ3n) is 4.16. The lowest BCUT2D eigenvalue weighted by Crippen LogP contribution is -2.31. The molecule has 0 aromatic heterocycles. The average molecular weight is 340 g/mol. The number of rotatable bonds is 8. The molecule has 5 nitrogen and oxygen atoms in total. The summed E-state index contributed by atoms with van der Waals surface area (Å²) in [6.07, 6.45) is 0.976. The third kappa shape index (κ3) is 4.97. The number of amides is 2. The number of nitrogens with one attached hydrogen (secondary N) is 2. The largest absolute Gasteiger partial charge is 0.489 e. The molecule has 0 saturated heterocycles. The lowest BCUT2D eigenvalue weighted by atomic mass is 10.1. The summed E-state index contributed by atoms with van der Waals surface area (Å²) in [7, 11) is 0. The number of urea groups is 1. The normalized spacial score (nSPS) is 18.4. The summed E-state index contributed by atoms with van der Waals surface area (Å²) in [5.74, 6) is 1.05. The van der Waals surface area contributed by atoms with Crippen molar-refractivity contribution in [2.45, 2.75) is 25.3 Å². The van der Waals surface area contributed by atoms with E-state index in [1.807, 2.05) is 49.4 Å². The molecule has 0 unspecified atom stereocenters. The monoisotopic (exact) mass is 340 g/mol. The maximum absolute atomic E-state index is 12.3. The SMILES string of the molecule is CCOCCOc1ccccc1NC(=O)N[C@@H]1C[C@H]1c1ccccc1. The summed E-state index contributed by atoms with van der Waals surface area (Å²) in [5.41, 5.74) is 1.93. The highest BCUT2D eigenvalue weighted by atomic mass is 16.5. The average Bonchev–Trinajstić information content (AvgIpc) is 3.40. The van der Waals surface area contributed by atoms with Gasteiger partial charge in [-0.05, 0) is 31.0 Å². The molecule has 0 heterocycles. The van der Waals surface area contributed by atoms with E-state index in [0.717, 1.165) is 6.42 Å². The molecule has 5 heteroatoms. The second-order valence-electron chi connectivity index (χ2n) is 6.00. The van der Waals surface area contributed by atoms with E-state index in [2.05, 4.69) is 22.8 Å². The maximum atomic E-state index is 12.3. The Labute approximate surface area is 148 Å². The van der Waals surface area contributed by atoms with Crippen LogP contribution in [0.2, 0.25) is 0 Å². The number of benzene rings is 2. The van der Waals surface area contributed by atoms with Gasteiger partial charge in [0.05, 0.1) is 12.3 Å². The van der Waals surface area contributed by atoms with Crippen LogP contribution in [0.4, 0.5) is 10.5 Å². The van der Waals surface area contributed by atoms with Crippen LogP contribution in [-0.2, 0) is 4.74 Å². The van der Waals surface area contributed by atoms with E-state index >= 15 is 0 Å². The Morgan fingerprint density at radius 2 is 1.84 bits per heavy atom. The van der Waals surface area contributed by atoms with Crippen molar-refractivity contribution < 1.29 is 14.3 Å². The van der Waals surface area contributed by atoms with Gasteiger partial charge in [0.15, 0.2) is 0 Å². The molecule has 2 aromatic rings. The Morgan fingerprint density at radius 3 is 2.64 bits per heavy atom. The Kier molecular flexibility index (Phi) is 5.90. The minimum absolute atomic E-state index is 0.188. The molecule has 2 aromatic carbocycles. The van der Waals surface area contributed by atoms with E-state index in [-0.39, 0.29) is 12.1 Å². The van der Waals surface area contributed by atoms with Crippen molar-refractivity contribution in [2.75, 3.05) is 25.1 Å². The Bertz CT molecular complexity index is 690. The van der Waals surface area contributed by atoms with Crippen molar-refractivity contribution in [3.63, 3.8) is 0 Å². The predicted molar refractivity (Wildman–Crippen MR) is 98.2 cm³/mol. The first-order valence-electron chi connectivity index (χ1n) is 8.70. The number of hydrogen-bond acceptors (Lipinski definition) is 3. The van der Waals surface area contributed by atoms with Crippen LogP contribution in [0.1, 0.15) is 24.8 Å². The van der Waals surface area contributed by atoms with E-state index in [0.29, 0.717) is 37.2 Å². The van der Waals surface area contributed by atoms with Crippen molar-refractivity contribution in [1.82, 2.24) is 5.32 Å². The standard InChI is InChI=1S/C20H24N2O3/c1-2-24-12-13-25-19-11-7-6-10-17(19)21-20(23)22-18-14-16(18)15-8-4-3-5-9-15/h3-11,16,18H,2,12-14H2,1H3,(H2,21,22,23)/t16-,18+/m0/s1. The predicted octanol–water partition coefficient (Wildman–Crippen LogP) is 3.78. The van der Waals surface area contributed by atoms with Crippen LogP contribution < -0.4 is 15.4 Å². The van der Waals surface area contributed by atoms with Gasteiger partial charge in [-0.25, -0.2) is 4.79 Å². The van der Waals surface area contributed by atoms with Gasteiger partial charge in [-0.1, -0.05) is 42.5 Å². The van der Waals surface area contributed by atoms with Crippen LogP contribution in [-0.4, -0.2) is 31.9 Å². The Hall–Kier alpha value is -2.53. The Morgan fingerprint density at radius 1 is 1.08 bits per heavy atom. The maximum Gasteiger partial charge on any atom is 0.319 e. The molecule has 1 saturated carbocycles. The summed E-state index contributed by atoms with van der Waals surface area (Å²) in [4.78, 5) is 12.3. The van der Waals surface area contributed by atoms with Gasteiger partial charge in [0.25, 0.3) is 0 Å². The molecule has 25 heavy (non-hydrogen) atoms. The minimum atomic E-state index is -0.204. The molecule has 2 amide bonds. The number of carbonyl (C=O) groups is 1. The van der Waals surface area contributed by atoms with Crippen molar-refractivity contribution in [3.05, 3.63) is 60.2 Å². The molecular weight excluding hydrogens is 316 g/mol. The van der Waals surface area contributed by atoms with E-state index in [4.69, 9.17) is 9.47 Å². The highest BCUT2D eigenvalue weighted by Crippen LogP contribution is 2.40. The molecule has 0 radical (unpaired) electrons. The summed E-state index contributed by atoms with van der Waals surface area (Å²) in [5, 5.41) is 5.90. The summed E-state index contributed by atoms with van der Waals surface area (Å²) in [6.45, 7) is 3.58. The fraction of sp³-hybridized carbons (Fsp3) is 0.350. The fourth-order valence-corrected chi connectivity index (χ4v) is 2.80. The molecule has 132 valence electrons. The van der Waals surface area contributed by atoms with Gasteiger partial charge >= 0.3 is 6.03 Å². The number of anilines is 1. The molecule has 0 aliphatic heterocycles. The Balaban J connectivity index is 1.50. The van der Waals surface area contributed by atoms with E-state index in [1.54, 1.807) is 0 Å². The van der Waals surface area contributed by atoms with E-state index < -0.39 is 0 Å². The second kappa shape index (κ2) is 8.53. The van der Waals surface area contributed by atoms with Crippen molar-refractivity contribution in [1.29, 1.82) is 0 Å². The zero-order valence-electron chi connectivity index (χ0n) is 14.4. The van der Waals surface area contributed by atoms with E-state index in [9.17, 15) is 4.79 Å². The first kappa shape index (κ1) is 17.3. The molecule has 1 fully saturated rings. The topological polar surface area (TPSA) is 59.6 Å². The first-order valence-corrected chi connectivity index (χ1v) is 8.70. The van der Waals surface area contributed by atoms with Crippen LogP contribution in [0.3, 0.4) is 0 Å². The number of carbonyl (C=O) groups excluding carboxylic acids is 1. The van der Waals surface area contributed by atoms with Crippen LogP contribution in [0.25, 0.3) is 0 Å². The van der Waals surface area contributed by atoms with Gasteiger partial charge in [-0.3, -0.25) is 0 Å². The van der Waals surface area contributed by atoms with Gasteiger partial charge in [-0.15, -0.1) is 0 Å². The molecular formula is C20H24N2O3. The number of ether oxygens (including phenoxy) is 2. The van der Waals surface area contributed by atoms with Crippen LogP contribution in [0.5, 0.6) is 5.75 Å². The highest BCUT2D eigenvalue weighted by molar-refractivity contribution is 5.91. The van der Waals surface area contributed by atoms with Gasteiger partial charge in [0.2, 0.25) is 0 Å². The lowest BCUT2D eigenvalue weighted by molar-refractivity contribution is 0.110. The van der Waals surface area contributed by atoms with Crippen molar-refractivity contribution >= 4 is 11.7 Å². The third-order valence-corrected chi connectivity index (χ3v) is 4.16. The highest BCUT2D eigenvalue weighted by Gasteiger charge is 2.39. The number of para-hydroxylation sites is 2. The molecule has 0 bridgehead atoms. The molecule has 1 aliphatic carbocycles. The van der Waals surface area contributed by atoms with Gasteiger partial charge in [0, 0.05) is 18.6 Å². The summed E-state index contributed by atoms with van der Waals surface area (Å²) in [6, 6.07) is 17.7. The first-order chi connectivity index (χ1) is 12.3. The fourth-order valence-electron chi connectivity index (χ4n) is 2.80. The summed E-state index contributed by atoms with van der Waals surface area (Å²) >= 11 is 0. The van der Waals surface area contributed by atoms with Crippen LogP contribution in [0, 0.1) is 0 Å². The summed E-state index contributed by atoms with van der Waals surface area (Å²) < 4.78 is 10.9. The van der Waals surface area contributed by atoms with Crippen molar-refractivity contribution in [2.24, 2.45) is 0 Å². The molecule has 2 N–H and O–H groups in total. The lowest BCUT2D eigenvalue weighted by Gasteiger charge is -2.13. The zero-order chi connectivity index (χ0) is 17.5. The molecule has 3 rings (SSSR count). The van der Waals surface area contributed by atoms with Crippen LogP contribution >= 0.6 is 0 Å².